The summed E-state index contributed by atoms with van der Waals surface area (Å²) >= 11 is 20.5. The molecule has 4 rings (SSSR count). The van der Waals surface area contributed by atoms with Gasteiger partial charge in [-0.05, 0) is 18.2 Å². The van der Waals surface area contributed by atoms with Crippen LogP contribution < -0.4 is 20.3 Å². The zero-order valence-corrected chi connectivity index (χ0v) is 23.2. The third-order valence-electron chi connectivity index (χ3n) is 5.62. The van der Waals surface area contributed by atoms with E-state index in [4.69, 9.17) is 39.9 Å². The zero-order valence-electron chi connectivity index (χ0n) is 19.3. The van der Waals surface area contributed by atoms with Gasteiger partial charge in [0.1, 0.15) is 23.7 Å². The molecule has 200 valence electrons. The smallest absolute Gasteiger partial charge is 0.259 e. The summed E-state index contributed by atoms with van der Waals surface area (Å²) in [5.41, 5.74) is 0.430. The van der Waals surface area contributed by atoms with E-state index in [9.17, 15) is 24.3 Å². The molecule has 38 heavy (non-hydrogen) atoms. The Balaban J connectivity index is 1.43. The number of carbonyl (C=O) groups is 4. The van der Waals surface area contributed by atoms with Crippen LogP contribution in [0.5, 0.6) is 0 Å². The number of aliphatic carboxylic acids is 1. The fourth-order valence-electron chi connectivity index (χ4n) is 3.92. The number of pyridine rings is 1. The molecule has 3 heterocycles. The lowest BCUT2D eigenvalue weighted by Crippen LogP contribution is -2.71. The third-order valence-corrected chi connectivity index (χ3v) is 9.17. The topological polar surface area (TPSA) is 143 Å². The van der Waals surface area contributed by atoms with Crippen LogP contribution in [0.1, 0.15) is 10.4 Å². The van der Waals surface area contributed by atoms with Crippen molar-refractivity contribution in [1.29, 1.82) is 0 Å². The maximum absolute atomic E-state index is 12.9. The van der Waals surface area contributed by atoms with Crippen molar-refractivity contribution < 1.29 is 34.0 Å². The average Bonchev–Trinajstić information content (AvgIpc) is 2.88. The molecule has 1 aromatic heterocycles. The number of rotatable bonds is 9. The molecule has 2 atom stereocenters. The van der Waals surface area contributed by atoms with Crippen LogP contribution in [0.3, 0.4) is 0 Å². The summed E-state index contributed by atoms with van der Waals surface area (Å²) in [6.45, 7) is -0.437. The lowest BCUT2D eigenvalue weighted by atomic mass is 10.0. The number of carbonyl (C=O) groups excluding carboxylic acids is 4. The predicted molar refractivity (Wildman–Crippen MR) is 140 cm³/mol. The SMILES string of the molecule is O=C(CSc1cc(Cl)c(Cl)cc1Cl)N[C@@H]1C(=O)N2C(C(=O)[O-])=C(C[n+]3cccc(C(=O)NCO)c3)CS[C@H]12. The van der Waals surface area contributed by atoms with Gasteiger partial charge < -0.3 is 25.6 Å². The number of nitrogens with zero attached hydrogens (tertiary/aromatic N) is 2. The van der Waals surface area contributed by atoms with Gasteiger partial charge in [-0.1, -0.05) is 34.8 Å². The van der Waals surface area contributed by atoms with Gasteiger partial charge in [0.05, 0.1) is 32.5 Å². The van der Waals surface area contributed by atoms with E-state index in [0.29, 0.717) is 15.5 Å². The molecule has 1 fully saturated rings. The average molecular weight is 618 g/mol. The molecule has 0 unspecified atom stereocenters. The first-order valence-corrected chi connectivity index (χ1v) is 14.1. The maximum atomic E-state index is 12.9. The second-order valence-electron chi connectivity index (χ2n) is 8.11. The molecular weight excluding hydrogens is 599 g/mol. The van der Waals surface area contributed by atoms with Crippen molar-refractivity contribution in [2.45, 2.75) is 22.9 Å². The number of aliphatic hydroxyl groups is 1. The molecule has 3 N–H and O–H groups in total. The van der Waals surface area contributed by atoms with Crippen LogP contribution in [0.4, 0.5) is 0 Å². The van der Waals surface area contributed by atoms with Crippen LogP contribution in [0, 0.1) is 0 Å². The molecule has 2 aromatic rings. The molecule has 2 aliphatic rings. The lowest BCUT2D eigenvalue weighted by Gasteiger charge is -2.50. The minimum atomic E-state index is -1.51. The molecule has 15 heteroatoms. The summed E-state index contributed by atoms with van der Waals surface area (Å²) in [6, 6.07) is 5.27. The van der Waals surface area contributed by atoms with Crippen molar-refractivity contribution in [1.82, 2.24) is 15.5 Å². The zero-order chi connectivity index (χ0) is 27.6. The number of hydrogen-bond donors (Lipinski definition) is 3. The standard InChI is InChI=1S/C23H19Cl3N4O6S2/c24-13-4-15(26)16(5-14(13)25)37-9-17(32)28-18-21(34)30-19(23(35)36)12(8-38-22(18)30)7-29-3-1-2-11(6-29)20(33)27-10-31/h1-6,18,22,31H,7-10H2,(H2-,27,28,32,33,35,36)/t18-,22-/m1/s1. The maximum Gasteiger partial charge on any atom is 0.259 e. The normalized spacial score (nSPS) is 18.5. The number of thioether (sulfide) groups is 2. The van der Waals surface area contributed by atoms with Gasteiger partial charge >= 0.3 is 0 Å². The summed E-state index contributed by atoms with van der Waals surface area (Å²) in [4.78, 5) is 51.1. The Morgan fingerprint density at radius 2 is 1.95 bits per heavy atom. The molecule has 3 amide bonds. The number of fused-ring (bicyclic) bond motifs is 1. The lowest BCUT2D eigenvalue weighted by molar-refractivity contribution is -0.689. The van der Waals surface area contributed by atoms with Crippen molar-refractivity contribution in [2.75, 3.05) is 18.2 Å². The van der Waals surface area contributed by atoms with E-state index in [1.54, 1.807) is 29.0 Å². The van der Waals surface area contributed by atoms with E-state index >= 15 is 0 Å². The minimum Gasteiger partial charge on any atom is -0.543 e. The Labute approximate surface area is 240 Å². The summed E-state index contributed by atoms with van der Waals surface area (Å²) in [7, 11) is 0. The number of nitrogens with one attached hydrogen (secondary N) is 2. The Morgan fingerprint density at radius 1 is 1.21 bits per heavy atom. The largest absolute Gasteiger partial charge is 0.543 e. The molecule has 0 bridgehead atoms. The molecule has 1 saturated heterocycles. The fraction of sp³-hybridized carbons (Fsp3) is 0.261. The van der Waals surface area contributed by atoms with Gasteiger partial charge in [-0.3, -0.25) is 19.3 Å². The van der Waals surface area contributed by atoms with Crippen LogP contribution in [0.15, 0.2) is 52.8 Å². The van der Waals surface area contributed by atoms with E-state index < -0.39 is 41.8 Å². The Hall–Kier alpha value is -2.48. The quantitative estimate of drug-likeness (QED) is 0.123. The third kappa shape index (κ3) is 6.05. The molecule has 2 aliphatic heterocycles. The van der Waals surface area contributed by atoms with Crippen LogP contribution in [0.2, 0.25) is 15.1 Å². The van der Waals surface area contributed by atoms with Gasteiger partial charge in [0.15, 0.2) is 18.9 Å². The first-order chi connectivity index (χ1) is 18.1. The number of aromatic nitrogens is 1. The molecule has 0 aliphatic carbocycles. The molecule has 10 nitrogen and oxygen atoms in total. The van der Waals surface area contributed by atoms with Gasteiger partial charge in [-0.15, -0.1) is 23.5 Å². The Bertz CT molecular complexity index is 1360. The number of amides is 3. The van der Waals surface area contributed by atoms with Crippen molar-refractivity contribution in [3.05, 3.63) is 68.6 Å². The second kappa shape index (κ2) is 12.1. The van der Waals surface area contributed by atoms with Crippen LogP contribution in [0.25, 0.3) is 0 Å². The van der Waals surface area contributed by atoms with Gasteiger partial charge in [-0.25, -0.2) is 4.57 Å². The number of aliphatic hydroxyl groups excluding tert-OH is 1. The fourth-order valence-corrected chi connectivity index (χ4v) is 6.79. The summed E-state index contributed by atoms with van der Waals surface area (Å²) < 4.78 is 1.60. The molecular formula is C23H19Cl3N4O6S2. The van der Waals surface area contributed by atoms with Gasteiger partial charge in [0.25, 0.3) is 11.8 Å². The van der Waals surface area contributed by atoms with E-state index in [0.717, 1.165) is 16.7 Å². The van der Waals surface area contributed by atoms with E-state index in [-0.39, 0.29) is 39.4 Å². The Morgan fingerprint density at radius 3 is 2.66 bits per heavy atom. The highest BCUT2D eigenvalue weighted by Crippen LogP contribution is 2.40. The highest BCUT2D eigenvalue weighted by molar-refractivity contribution is 8.00. The van der Waals surface area contributed by atoms with Crippen LogP contribution in [-0.4, -0.2) is 63.3 Å². The first kappa shape index (κ1) is 28.5. The predicted octanol–water partition coefficient (Wildman–Crippen LogP) is 0.810. The molecule has 1 aromatic carbocycles. The van der Waals surface area contributed by atoms with Crippen LogP contribution >= 0.6 is 58.3 Å². The van der Waals surface area contributed by atoms with Gasteiger partial charge in [0, 0.05) is 22.3 Å². The molecule has 0 saturated carbocycles. The van der Waals surface area contributed by atoms with Crippen molar-refractivity contribution >= 4 is 82.0 Å². The highest BCUT2D eigenvalue weighted by atomic mass is 35.5. The number of halogens is 3. The summed E-state index contributed by atoms with van der Waals surface area (Å²) in [6.07, 6.45) is 3.14. The van der Waals surface area contributed by atoms with Crippen LogP contribution in [-0.2, 0) is 20.9 Å². The number of benzene rings is 1. The number of carboxylic acids is 1. The monoisotopic (exact) mass is 616 g/mol. The van der Waals surface area contributed by atoms with Crippen molar-refractivity contribution in [3.8, 4) is 0 Å². The summed E-state index contributed by atoms with van der Waals surface area (Å²) in [5, 5.41) is 26.2. The summed E-state index contributed by atoms with van der Waals surface area (Å²) in [5.74, 6) is -2.80. The molecule has 0 spiro atoms. The molecule has 0 radical (unpaired) electrons. The second-order valence-corrected chi connectivity index (χ2v) is 11.5. The number of carboxylic acid groups (broad SMARTS) is 1. The number of hydrogen-bond acceptors (Lipinski definition) is 8. The minimum absolute atomic E-state index is 0.0515. The van der Waals surface area contributed by atoms with E-state index in [1.165, 1.54) is 24.0 Å². The van der Waals surface area contributed by atoms with E-state index in [1.807, 2.05) is 0 Å². The number of β-lactam (4-membered cyclic amide) rings is 1. The van der Waals surface area contributed by atoms with Gasteiger partial charge in [0.2, 0.25) is 5.91 Å². The first-order valence-electron chi connectivity index (χ1n) is 10.9. The van der Waals surface area contributed by atoms with Gasteiger partial charge in [-0.2, -0.15) is 0 Å². The Kier molecular flexibility index (Phi) is 9.11. The van der Waals surface area contributed by atoms with Crippen molar-refractivity contribution in [3.63, 3.8) is 0 Å². The van der Waals surface area contributed by atoms with E-state index in [2.05, 4.69) is 10.6 Å². The highest BCUT2D eigenvalue weighted by Gasteiger charge is 2.53. The van der Waals surface area contributed by atoms with Crippen molar-refractivity contribution in [2.24, 2.45) is 0 Å².